The largest absolute Gasteiger partial charge is 0.396 e. The second-order valence-corrected chi connectivity index (χ2v) is 3.46. The van der Waals surface area contributed by atoms with Crippen LogP contribution in [0.5, 0.6) is 0 Å². The molecule has 2 atom stereocenters. The topological polar surface area (TPSA) is 104 Å². The molecule has 1 rings (SSSR count). The van der Waals surface area contributed by atoms with E-state index >= 15 is 0 Å². The van der Waals surface area contributed by atoms with Crippen LogP contribution in [-0.4, -0.2) is 33.0 Å². The lowest BCUT2D eigenvalue weighted by Crippen LogP contribution is -2.20. The maximum Gasteiger partial charge on any atom is 0.305 e. The summed E-state index contributed by atoms with van der Waals surface area (Å²) in [6.07, 6.45) is -3.14. The summed E-state index contributed by atoms with van der Waals surface area (Å²) in [4.78, 5) is 9.56. The zero-order valence-corrected chi connectivity index (χ0v) is 8.78. The molecule has 2 unspecified atom stereocenters. The van der Waals surface area contributed by atoms with Crippen LogP contribution < -0.4 is 0 Å². The van der Waals surface area contributed by atoms with Crippen molar-refractivity contribution >= 4 is 5.69 Å². The summed E-state index contributed by atoms with van der Waals surface area (Å²) >= 11 is 0. The van der Waals surface area contributed by atoms with Crippen molar-refractivity contribution < 1.29 is 24.6 Å². The molecule has 0 fully saturated rings. The van der Waals surface area contributed by atoms with Crippen molar-refractivity contribution in [3.63, 3.8) is 0 Å². The molecular formula is C10H12FNO5. The molecule has 1 aromatic rings. The van der Waals surface area contributed by atoms with E-state index in [0.717, 1.165) is 12.1 Å². The van der Waals surface area contributed by atoms with Crippen LogP contribution in [-0.2, 0) is 0 Å². The highest BCUT2D eigenvalue weighted by Gasteiger charge is 2.26. The minimum Gasteiger partial charge on any atom is -0.396 e. The van der Waals surface area contributed by atoms with Gasteiger partial charge in [-0.1, -0.05) is 12.1 Å². The van der Waals surface area contributed by atoms with Crippen molar-refractivity contribution in [1.29, 1.82) is 0 Å². The fourth-order valence-corrected chi connectivity index (χ4v) is 1.40. The van der Waals surface area contributed by atoms with E-state index in [0.29, 0.717) is 0 Å². The molecule has 0 bridgehead atoms. The third-order valence-corrected chi connectivity index (χ3v) is 2.31. The molecule has 0 saturated carbocycles. The van der Waals surface area contributed by atoms with E-state index in [1.807, 2.05) is 0 Å². The predicted octanol–water partition coefficient (Wildman–Crippen LogP) is 0.511. The summed E-state index contributed by atoms with van der Waals surface area (Å²) in [5.74, 6) is -1.18. The van der Waals surface area contributed by atoms with Gasteiger partial charge in [0.2, 0.25) is 5.82 Å². The molecule has 0 aliphatic heterocycles. The average molecular weight is 245 g/mol. The Morgan fingerprint density at radius 1 is 1.41 bits per heavy atom. The summed E-state index contributed by atoms with van der Waals surface area (Å²) in [5, 5.41) is 38.0. The van der Waals surface area contributed by atoms with Gasteiger partial charge in [-0.3, -0.25) is 10.1 Å². The Balaban J connectivity index is 3.06. The first kappa shape index (κ1) is 13.5. The van der Waals surface area contributed by atoms with E-state index in [2.05, 4.69) is 0 Å². The van der Waals surface area contributed by atoms with Gasteiger partial charge in [0.05, 0.1) is 11.0 Å². The lowest BCUT2D eigenvalue weighted by molar-refractivity contribution is -0.387. The van der Waals surface area contributed by atoms with Crippen LogP contribution in [0.3, 0.4) is 0 Å². The fraction of sp³-hybridized carbons (Fsp3) is 0.400. The van der Waals surface area contributed by atoms with Crippen LogP contribution in [0.15, 0.2) is 18.2 Å². The van der Waals surface area contributed by atoms with Gasteiger partial charge in [-0.05, 0) is 6.42 Å². The van der Waals surface area contributed by atoms with E-state index in [-0.39, 0.29) is 18.6 Å². The van der Waals surface area contributed by atoms with E-state index in [9.17, 15) is 24.7 Å². The number of hydrogen-bond donors (Lipinski definition) is 3. The first-order valence-electron chi connectivity index (χ1n) is 4.88. The van der Waals surface area contributed by atoms with Gasteiger partial charge < -0.3 is 15.3 Å². The molecule has 7 heteroatoms. The van der Waals surface area contributed by atoms with Gasteiger partial charge in [-0.2, -0.15) is 4.39 Å². The number of nitrogens with zero attached hydrogens (tertiary/aromatic N) is 1. The van der Waals surface area contributed by atoms with Gasteiger partial charge in [-0.25, -0.2) is 0 Å². The summed E-state index contributed by atoms with van der Waals surface area (Å²) in [7, 11) is 0. The predicted molar refractivity (Wildman–Crippen MR) is 55.7 cm³/mol. The van der Waals surface area contributed by atoms with Gasteiger partial charge in [0.1, 0.15) is 6.10 Å². The molecule has 1 aromatic carbocycles. The molecular weight excluding hydrogens is 233 g/mol. The lowest BCUT2D eigenvalue weighted by Gasteiger charge is -2.17. The van der Waals surface area contributed by atoms with Crippen molar-refractivity contribution in [3.8, 4) is 0 Å². The normalized spacial score (nSPS) is 14.4. The Labute approximate surface area is 96.1 Å². The second-order valence-electron chi connectivity index (χ2n) is 3.46. The zero-order valence-electron chi connectivity index (χ0n) is 8.78. The summed E-state index contributed by atoms with van der Waals surface area (Å²) in [6, 6.07) is 3.32. The molecule has 0 heterocycles. The SMILES string of the molecule is O=[N+]([O-])c1cccc(C(O)C(O)CCO)c1F. The monoisotopic (exact) mass is 245 g/mol. The van der Waals surface area contributed by atoms with Crippen molar-refractivity contribution in [2.75, 3.05) is 6.61 Å². The third kappa shape index (κ3) is 2.96. The Kier molecular flexibility index (Phi) is 4.50. The molecule has 94 valence electrons. The zero-order chi connectivity index (χ0) is 13.0. The number of hydrogen-bond acceptors (Lipinski definition) is 5. The van der Waals surface area contributed by atoms with Crippen molar-refractivity contribution in [1.82, 2.24) is 0 Å². The molecule has 0 aromatic heterocycles. The summed E-state index contributed by atoms with van der Waals surface area (Å²) < 4.78 is 13.6. The van der Waals surface area contributed by atoms with Crippen molar-refractivity contribution in [3.05, 3.63) is 39.7 Å². The lowest BCUT2D eigenvalue weighted by atomic mass is 10.0. The summed E-state index contributed by atoms with van der Waals surface area (Å²) in [6.45, 7) is -0.380. The molecule has 0 saturated heterocycles. The van der Waals surface area contributed by atoms with E-state index in [1.54, 1.807) is 0 Å². The van der Waals surface area contributed by atoms with Gasteiger partial charge in [0.15, 0.2) is 0 Å². The van der Waals surface area contributed by atoms with Crippen molar-refractivity contribution in [2.24, 2.45) is 0 Å². The van der Waals surface area contributed by atoms with Gasteiger partial charge >= 0.3 is 5.69 Å². The highest BCUT2D eigenvalue weighted by Crippen LogP contribution is 2.27. The Morgan fingerprint density at radius 2 is 2.06 bits per heavy atom. The van der Waals surface area contributed by atoms with Crippen LogP contribution in [0.2, 0.25) is 0 Å². The number of rotatable bonds is 5. The minimum atomic E-state index is -1.61. The Hall–Kier alpha value is -1.57. The van der Waals surface area contributed by atoms with Crippen LogP contribution in [0.1, 0.15) is 18.1 Å². The maximum atomic E-state index is 13.6. The fourth-order valence-electron chi connectivity index (χ4n) is 1.40. The molecule has 0 aliphatic rings. The molecule has 0 amide bonds. The smallest absolute Gasteiger partial charge is 0.305 e. The summed E-state index contributed by atoms with van der Waals surface area (Å²) in [5.41, 5.74) is -1.13. The van der Waals surface area contributed by atoms with Gasteiger partial charge in [-0.15, -0.1) is 0 Å². The third-order valence-electron chi connectivity index (χ3n) is 2.31. The van der Waals surface area contributed by atoms with E-state index in [4.69, 9.17) is 5.11 Å². The van der Waals surface area contributed by atoms with Crippen LogP contribution in [0.25, 0.3) is 0 Å². The molecule has 17 heavy (non-hydrogen) atoms. The second kappa shape index (κ2) is 5.67. The Morgan fingerprint density at radius 3 is 2.59 bits per heavy atom. The first-order chi connectivity index (χ1) is 7.99. The minimum absolute atomic E-state index is 0.150. The number of halogens is 1. The van der Waals surface area contributed by atoms with Crippen LogP contribution in [0, 0.1) is 15.9 Å². The molecule has 3 N–H and O–H groups in total. The quantitative estimate of drug-likeness (QED) is 0.518. The van der Waals surface area contributed by atoms with Crippen LogP contribution in [0.4, 0.5) is 10.1 Å². The van der Waals surface area contributed by atoms with E-state index in [1.165, 1.54) is 6.07 Å². The highest BCUT2D eigenvalue weighted by molar-refractivity contribution is 5.38. The first-order valence-corrected chi connectivity index (χ1v) is 4.88. The number of nitro groups is 1. The van der Waals surface area contributed by atoms with Gasteiger partial charge in [0, 0.05) is 18.2 Å². The average Bonchev–Trinajstić information content (AvgIpc) is 2.28. The Bertz CT molecular complexity index is 412. The maximum absolute atomic E-state index is 13.6. The number of benzene rings is 1. The molecule has 0 radical (unpaired) electrons. The molecule has 0 aliphatic carbocycles. The van der Waals surface area contributed by atoms with E-state index < -0.39 is 28.6 Å². The van der Waals surface area contributed by atoms with Crippen LogP contribution >= 0.6 is 0 Å². The van der Waals surface area contributed by atoms with Gasteiger partial charge in [0.25, 0.3) is 0 Å². The molecule has 0 spiro atoms. The standard InChI is InChI=1S/C10H12FNO5/c11-9-6(10(15)8(14)4-5-13)2-1-3-7(9)12(16)17/h1-3,8,10,13-15H,4-5H2. The number of aliphatic hydroxyl groups is 3. The number of aliphatic hydroxyl groups excluding tert-OH is 3. The molecule has 6 nitrogen and oxygen atoms in total. The highest BCUT2D eigenvalue weighted by atomic mass is 19.1. The number of nitro benzene ring substituents is 1. The van der Waals surface area contributed by atoms with Crippen molar-refractivity contribution in [2.45, 2.75) is 18.6 Å².